The van der Waals surface area contributed by atoms with Gasteiger partial charge >= 0.3 is 0 Å². The summed E-state index contributed by atoms with van der Waals surface area (Å²) in [6, 6.07) is 15.6. The number of nitrogens with zero attached hydrogens (tertiary/aromatic N) is 1. The normalized spacial score (nSPS) is 16.4. The Morgan fingerprint density at radius 2 is 1.77 bits per heavy atom. The van der Waals surface area contributed by atoms with Gasteiger partial charge in [-0.1, -0.05) is 48.9 Å². The number of aliphatic imine (C=N–C) groups is 1. The summed E-state index contributed by atoms with van der Waals surface area (Å²) in [5.74, 6) is 0.00699. The van der Waals surface area contributed by atoms with Gasteiger partial charge in [-0.25, -0.2) is 8.42 Å². The molecule has 0 bridgehead atoms. The lowest BCUT2D eigenvalue weighted by atomic mass is 10.1. The van der Waals surface area contributed by atoms with E-state index in [-0.39, 0.29) is 23.2 Å². The van der Waals surface area contributed by atoms with E-state index in [1.54, 1.807) is 23.9 Å². The molecular weight excluding hydrogens is 430 g/mol. The van der Waals surface area contributed by atoms with Gasteiger partial charge < -0.3 is 5.32 Å². The smallest absolute Gasteiger partial charge is 0.264 e. The molecule has 1 amide bonds. The zero-order valence-corrected chi connectivity index (χ0v) is 19.6. The highest BCUT2D eigenvalue weighted by atomic mass is 32.2. The van der Waals surface area contributed by atoms with E-state index in [4.69, 9.17) is 0 Å². The number of amidine groups is 1. The van der Waals surface area contributed by atoms with Crippen molar-refractivity contribution < 1.29 is 13.2 Å². The maximum Gasteiger partial charge on any atom is 0.264 e. The Bertz CT molecular complexity index is 1100. The summed E-state index contributed by atoms with van der Waals surface area (Å²) in [5, 5.41) is 2.84. The van der Waals surface area contributed by atoms with Crippen LogP contribution in [0.3, 0.4) is 0 Å². The van der Waals surface area contributed by atoms with Crippen molar-refractivity contribution in [2.45, 2.75) is 31.6 Å². The average molecular weight is 458 g/mol. The molecule has 1 aliphatic heterocycles. The molecule has 0 atom stereocenters. The predicted molar refractivity (Wildman–Crippen MR) is 128 cm³/mol. The highest BCUT2D eigenvalue weighted by Gasteiger charge is 2.34. The summed E-state index contributed by atoms with van der Waals surface area (Å²) in [5.41, 5.74) is 3.42. The molecule has 2 aromatic carbocycles. The number of carbonyl (C=O) groups is 1. The molecule has 0 unspecified atom stereocenters. The first-order valence-electron chi connectivity index (χ1n) is 10.1. The van der Waals surface area contributed by atoms with Crippen LogP contribution in [0.5, 0.6) is 0 Å². The third-order valence-electron chi connectivity index (χ3n) is 5.00. The second-order valence-electron chi connectivity index (χ2n) is 7.25. The van der Waals surface area contributed by atoms with Crippen LogP contribution >= 0.6 is 11.8 Å². The van der Waals surface area contributed by atoms with E-state index in [0.29, 0.717) is 24.1 Å². The van der Waals surface area contributed by atoms with E-state index >= 15 is 0 Å². The first-order chi connectivity index (χ1) is 14.8. The number of hydrogen-bond acceptors (Lipinski definition) is 5. The molecule has 3 rings (SSSR count). The quantitative estimate of drug-likeness (QED) is 0.594. The Balaban J connectivity index is 1.65. The number of benzene rings is 2. The summed E-state index contributed by atoms with van der Waals surface area (Å²) in [4.78, 5) is 17.9. The van der Waals surface area contributed by atoms with Gasteiger partial charge in [-0.15, -0.1) is 11.8 Å². The Morgan fingerprint density at radius 1 is 1.10 bits per heavy atom. The third kappa shape index (κ3) is 5.77. The maximum atomic E-state index is 12.7. The van der Waals surface area contributed by atoms with Crippen LogP contribution in [-0.4, -0.2) is 39.5 Å². The number of carbonyl (C=O) groups excluding carboxylic acids is 1. The molecule has 0 aliphatic carbocycles. The maximum absolute atomic E-state index is 12.7. The standard InChI is InChI=1S/C23H27N3O3S2/c1-4-20-22(18-9-5-16(2)6-10-18)31(28,29)26-23(20)25-15-21(27)24-14-13-17-7-11-19(30-3)12-8-17/h5-12H,4,13-15H2,1-3H3,(H,24,27)(H,25,26). The van der Waals surface area contributed by atoms with Crippen molar-refractivity contribution >= 4 is 38.4 Å². The molecule has 2 N–H and O–H groups in total. The van der Waals surface area contributed by atoms with Crippen molar-refractivity contribution in [3.8, 4) is 0 Å². The van der Waals surface area contributed by atoms with Crippen LogP contribution in [0, 0.1) is 6.92 Å². The Hall–Kier alpha value is -2.58. The first-order valence-corrected chi connectivity index (χ1v) is 12.8. The summed E-state index contributed by atoms with van der Waals surface area (Å²) < 4.78 is 27.9. The van der Waals surface area contributed by atoms with Gasteiger partial charge in [0, 0.05) is 17.0 Å². The van der Waals surface area contributed by atoms with Crippen molar-refractivity contribution in [3.05, 3.63) is 70.8 Å². The van der Waals surface area contributed by atoms with Crippen LogP contribution in [0.1, 0.15) is 30.0 Å². The van der Waals surface area contributed by atoms with E-state index in [1.807, 2.05) is 32.2 Å². The van der Waals surface area contributed by atoms with Crippen LogP contribution < -0.4 is 10.0 Å². The van der Waals surface area contributed by atoms with Gasteiger partial charge in [-0.3, -0.25) is 14.5 Å². The second kappa shape index (κ2) is 10.2. The van der Waals surface area contributed by atoms with Gasteiger partial charge in [-0.2, -0.15) is 0 Å². The van der Waals surface area contributed by atoms with E-state index in [9.17, 15) is 13.2 Å². The molecule has 1 aliphatic rings. The summed E-state index contributed by atoms with van der Waals surface area (Å²) in [7, 11) is -3.70. The van der Waals surface area contributed by atoms with E-state index in [0.717, 1.165) is 17.5 Å². The minimum atomic E-state index is -3.70. The molecule has 0 fully saturated rings. The van der Waals surface area contributed by atoms with Crippen LogP contribution in [0.25, 0.3) is 4.91 Å². The molecule has 0 radical (unpaired) electrons. The number of hydrogen-bond donors (Lipinski definition) is 2. The molecule has 0 aromatic heterocycles. The minimum absolute atomic E-state index is 0.131. The molecule has 6 nitrogen and oxygen atoms in total. The molecule has 164 valence electrons. The summed E-state index contributed by atoms with van der Waals surface area (Å²) in [6.45, 7) is 4.20. The Morgan fingerprint density at radius 3 is 2.39 bits per heavy atom. The number of aryl methyl sites for hydroxylation is 1. The van der Waals surface area contributed by atoms with Gasteiger partial charge in [0.25, 0.3) is 10.0 Å². The highest BCUT2D eigenvalue weighted by molar-refractivity contribution is 8.00. The van der Waals surface area contributed by atoms with Gasteiger partial charge in [-0.05, 0) is 49.3 Å². The van der Waals surface area contributed by atoms with E-state index < -0.39 is 10.0 Å². The van der Waals surface area contributed by atoms with Crippen molar-refractivity contribution in [3.63, 3.8) is 0 Å². The predicted octanol–water partition coefficient (Wildman–Crippen LogP) is 3.53. The van der Waals surface area contributed by atoms with Crippen molar-refractivity contribution in [1.82, 2.24) is 10.0 Å². The summed E-state index contributed by atoms with van der Waals surface area (Å²) >= 11 is 1.69. The zero-order valence-electron chi connectivity index (χ0n) is 17.9. The second-order valence-corrected chi connectivity index (χ2v) is 9.74. The Kier molecular flexibility index (Phi) is 7.56. The number of thioether (sulfide) groups is 1. The van der Waals surface area contributed by atoms with Gasteiger partial charge in [0.2, 0.25) is 5.91 Å². The van der Waals surface area contributed by atoms with E-state index in [2.05, 4.69) is 39.3 Å². The number of nitrogens with one attached hydrogen (secondary N) is 2. The lowest BCUT2D eigenvalue weighted by Gasteiger charge is -2.06. The molecule has 1 heterocycles. The zero-order chi connectivity index (χ0) is 22.4. The molecule has 2 aromatic rings. The van der Waals surface area contributed by atoms with E-state index in [1.165, 1.54) is 4.90 Å². The lowest BCUT2D eigenvalue weighted by molar-refractivity contribution is -0.119. The molecule has 0 spiro atoms. The van der Waals surface area contributed by atoms with Crippen LogP contribution in [0.4, 0.5) is 0 Å². The van der Waals surface area contributed by atoms with Crippen LogP contribution in [0.2, 0.25) is 0 Å². The Labute approximate surface area is 188 Å². The number of amides is 1. The highest BCUT2D eigenvalue weighted by Crippen LogP contribution is 2.31. The monoisotopic (exact) mass is 457 g/mol. The lowest BCUT2D eigenvalue weighted by Crippen LogP contribution is -2.30. The molecule has 8 heteroatoms. The fourth-order valence-corrected chi connectivity index (χ4v) is 5.31. The largest absolute Gasteiger partial charge is 0.354 e. The fraction of sp³-hybridized carbons (Fsp3) is 0.304. The SMILES string of the molecule is CCC1=C(c2ccc(C)cc2)S(=O)(=O)NC1=NCC(=O)NCCc1ccc(SC)cc1. The first kappa shape index (κ1) is 23.1. The van der Waals surface area contributed by atoms with Crippen LogP contribution in [0.15, 0.2) is 64.0 Å². The van der Waals surface area contributed by atoms with Crippen molar-refractivity contribution in [2.75, 3.05) is 19.3 Å². The third-order valence-corrected chi connectivity index (χ3v) is 7.23. The summed E-state index contributed by atoms with van der Waals surface area (Å²) in [6.07, 6.45) is 3.24. The van der Waals surface area contributed by atoms with Crippen LogP contribution in [-0.2, 0) is 21.2 Å². The minimum Gasteiger partial charge on any atom is -0.354 e. The molecular formula is C23H27N3O3S2. The van der Waals surface area contributed by atoms with Gasteiger partial charge in [0.1, 0.15) is 17.3 Å². The van der Waals surface area contributed by atoms with Gasteiger partial charge in [0.05, 0.1) is 0 Å². The molecule has 31 heavy (non-hydrogen) atoms. The fourth-order valence-electron chi connectivity index (χ4n) is 3.34. The number of sulfonamides is 1. The van der Waals surface area contributed by atoms with Gasteiger partial charge in [0.15, 0.2) is 0 Å². The topological polar surface area (TPSA) is 87.6 Å². The van der Waals surface area contributed by atoms with Crippen molar-refractivity contribution in [1.29, 1.82) is 0 Å². The average Bonchev–Trinajstić information content (AvgIpc) is 3.03. The number of rotatable bonds is 8. The van der Waals surface area contributed by atoms with Crippen molar-refractivity contribution in [2.24, 2.45) is 4.99 Å². The molecule has 0 saturated carbocycles. The molecule has 0 saturated heterocycles.